The summed E-state index contributed by atoms with van der Waals surface area (Å²) in [6.45, 7) is 0. The van der Waals surface area contributed by atoms with Gasteiger partial charge in [0.25, 0.3) is 5.91 Å². The molecule has 5 nitrogen and oxygen atoms in total. The quantitative estimate of drug-likeness (QED) is 0.601. The van der Waals surface area contributed by atoms with Crippen molar-refractivity contribution in [1.29, 1.82) is 0 Å². The zero-order valence-corrected chi connectivity index (χ0v) is 11.2. The van der Waals surface area contributed by atoms with Crippen LogP contribution in [0.1, 0.15) is 10.4 Å². The van der Waals surface area contributed by atoms with Gasteiger partial charge in [0.2, 0.25) is 0 Å². The highest BCUT2D eigenvalue weighted by atomic mass is 35.5. The van der Waals surface area contributed by atoms with Crippen LogP contribution in [0.25, 0.3) is 0 Å². The van der Waals surface area contributed by atoms with E-state index in [1.807, 2.05) is 0 Å². The van der Waals surface area contributed by atoms with Gasteiger partial charge in [-0.05, 0) is 30.3 Å². The predicted octanol–water partition coefficient (Wildman–Crippen LogP) is 2.93. The Morgan fingerprint density at radius 2 is 2.00 bits per heavy atom. The number of benzene rings is 1. The molecule has 0 fully saturated rings. The summed E-state index contributed by atoms with van der Waals surface area (Å²) in [4.78, 5) is 15.9. The molecule has 19 heavy (non-hydrogen) atoms. The highest BCUT2D eigenvalue weighted by Gasteiger charge is 2.09. The molecule has 2 rings (SSSR count). The Hall–Kier alpha value is -1.82. The van der Waals surface area contributed by atoms with Gasteiger partial charge < -0.3 is 10.7 Å². The Labute approximate surface area is 119 Å². The fourth-order valence-electron chi connectivity index (χ4n) is 1.40. The summed E-state index contributed by atoms with van der Waals surface area (Å²) in [5, 5.41) is 3.55. The van der Waals surface area contributed by atoms with E-state index in [4.69, 9.17) is 29.0 Å². The second-order valence-corrected chi connectivity index (χ2v) is 4.50. The third-order valence-electron chi connectivity index (χ3n) is 2.35. The minimum Gasteiger partial charge on any atom is -0.321 e. The molecule has 0 spiro atoms. The van der Waals surface area contributed by atoms with Gasteiger partial charge in [0.1, 0.15) is 5.82 Å². The second-order valence-electron chi connectivity index (χ2n) is 3.65. The van der Waals surface area contributed by atoms with Crippen molar-refractivity contribution >= 4 is 40.6 Å². The third-order valence-corrected chi connectivity index (χ3v) is 2.91. The van der Waals surface area contributed by atoms with Gasteiger partial charge in [-0.3, -0.25) is 4.79 Å². The Kier molecular flexibility index (Phi) is 4.21. The molecular weight excluding hydrogens is 287 g/mol. The van der Waals surface area contributed by atoms with Crippen LogP contribution >= 0.6 is 23.2 Å². The van der Waals surface area contributed by atoms with Crippen molar-refractivity contribution in [1.82, 2.24) is 4.98 Å². The molecule has 1 amide bonds. The van der Waals surface area contributed by atoms with Crippen LogP contribution in [-0.2, 0) is 0 Å². The summed E-state index contributed by atoms with van der Waals surface area (Å²) in [6, 6.07) is 8.01. The number of halogens is 2. The van der Waals surface area contributed by atoms with E-state index in [0.29, 0.717) is 27.1 Å². The molecule has 0 aliphatic carbocycles. The van der Waals surface area contributed by atoms with E-state index >= 15 is 0 Å². The van der Waals surface area contributed by atoms with Crippen LogP contribution in [0.4, 0.5) is 11.5 Å². The smallest absolute Gasteiger partial charge is 0.257 e. The van der Waals surface area contributed by atoms with Gasteiger partial charge in [-0.2, -0.15) is 0 Å². The molecule has 0 aliphatic heterocycles. The second kappa shape index (κ2) is 5.88. The van der Waals surface area contributed by atoms with Crippen molar-refractivity contribution in [3.8, 4) is 0 Å². The molecule has 0 radical (unpaired) electrons. The minimum atomic E-state index is -0.333. The predicted molar refractivity (Wildman–Crippen MR) is 76.5 cm³/mol. The van der Waals surface area contributed by atoms with E-state index in [-0.39, 0.29) is 5.91 Å². The maximum Gasteiger partial charge on any atom is 0.257 e. The fourth-order valence-corrected chi connectivity index (χ4v) is 1.74. The number of hydrogen-bond donors (Lipinski definition) is 3. The van der Waals surface area contributed by atoms with Crippen molar-refractivity contribution in [2.24, 2.45) is 5.84 Å². The van der Waals surface area contributed by atoms with Crippen molar-refractivity contribution in [3.63, 3.8) is 0 Å². The van der Waals surface area contributed by atoms with Gasteiger partial charge in [-0.15, -0.1) is 0 Å². The topological polar surface area (TPSA) is 80.0 Å². The molecule has 98 valence electrons. The molecule has 1 aromatic carbocycles. The van der Waals surface area contributed by atoms with Crippen LogP contribution in [-0.4, -0.2) is 10.9 Å². The van der Waals surface area contributed by atoms with E-state index in [2.05, 4.69) is 15.7 Å². The lowest BCUT2D eigenvalue weighted by molar-refractivity contribution is 0.102. The highest BCUT2D eigenvalue weighted by molar-refractivity contribution is 6.35. The fraction of sp³-hybridized carbons (Fsp3) is 0. The van der Waals surface area contributed by atoms with Crippen LogP contribution < -0.4 is 16.6 Å². The number of nitrogen functional groups attached to an aromatic ring is 1. The first kappa shape index (κ1) is 13.6. The van der Waals surface area contributed by atoms with Gasteiger partial charge in [-0.1, -0.05) is 23.2 Å². The van der Waals surface area contributed by atoms with Crippen molar-refractivity contribution in [2.75, 3.05) is 10.7 Å². The summed E-state index contributed by atoms with van der Waals surface area (Å²) < 4.78 is 0. The molecule has 2 aromatic rings. The summed E-state index contributed by atoms with van der Waals surface area (Å²) in [5.74, 6) is 5.33. The molecule has 0 unspecified atom stereocenters. The average molecular weight is 297 g/mol. The summed E-state index contributed by atoms with van der Waals surface area (Å²) in [6.07, 6.45) is 1.41. The number of pyridine rings is 1. The van der Waals surface area contributed by atoms with Crippen LogP contribution in [0, 0.1) is 0 Å². The lowest BCUT2D eigenvalue weighted by atomic mass is 10.2. The molecule has 0 atom stereocenters. The largest absolute Gasteiger partial charge is 0.321 e. The summed E-state index contributed by atoms with van der Waals surface area (Å²) >= 11 is 11.8. The third kappa shape index (κ3) is 3.35. The van der Waals surface area contributed by atoms with E-state index in [9.17, 15) is 4.79 Å². The van der Waals surface area contributed by atoms with Crippen LogP contribution in [0.15, 0.2) is 36.5 Å². The number of hydrazine groups is 1. The van der Waals surface area contributed by atoms with Gasteiger partial charge in [0.15, 0.2) is 0 Å². The molecule has 0 saturated carbocycles. The van der Waals surface area contributed by atoms with E-state index in [1.54, 1.807) is 30.3 Å². The van der Waals surface area contributed by atoms with Gasteiger partial charge in [0.05, 0.1) is 16.3 Å². The highest BCUT2D eigenvalue weighted by Crippen LogP contribution is 2.25. The molecular formula is C12H10Cl2N4O. The first-order chi connectivity index (χ1) is 9.10. The monoisotopic (exact) mass is 296 g/mol. The molecule has 7 heteroatoms. The van der Waals surface area contributed by atoms with Gasteiger partial charge in [-0.25, -0.2) is 10.8 Å². The number of carbonyl (C=O) groups is 1. The van der Waals surface area contributed by atoms with Crippen molar-refractivity contribution < 1.29 is 4.79 Å². The zero-order chi connectivity index (χ0) is 13.8. The SMILES string of the molecule is NNc1ccc(C(=O)Nc2cc(Cl)ccc2Cl)cn1. The van der Waals surface area contributed by atoms with Gasteiger partial charge in [0, 0.05) is 11.2 Å². The Morgan fingerprint density at radius 1 is 1.21 bits per heavy atom. The maximum atomic E-state index is 12.0. The number of amides is 1. The average Bonchev–Trinajstić information content (AvgIpc) is 2.43. The Morgan fingerprint density at radius 3 is 2.63 bits per heavy atom. The number of anilines is 2. The number of hydrogen-bond acceptors (Lipinski definition) is 4. The van der Waals surface area contributed by atoms with Crippen molar-refractivity contribution in [3.05, 3.63) is 52.1 Å². The minimum absolute atomic E-state index is 0.333. The number of carbonyl (C=O) groups excluding carboxylic acids is 1. The molecule has 0 saturated heterocycles. The van der Waals surface area contributed by atoms with Crippen molar-refractivity contribution in [2.45, 2.75) is 0 Å². The number of nitrogens with two attached hydrogens (primary N) is 1. The lowest BCUT2D eigenvalue weighted by Gasteiger charge is -2.08. The van der Waals surface area contributed by atoms with E-state index < -0.39 is 0 Å². The number of rotatable bonds is 3. The van der Waals surface area contributed by atoms with E-state index in [1.165, 1.54) is 6.20 Å². The lowest BCUT2D eigenvalue weighted by Crippen LogP contribution is -2.14. The Balaban J connectivity index is 2.18. The van der Waals surface area contributed by atoms with E-state index in [0.717, 1.165) is 0 Å². The zero-order valence-electron chi connectivity index (χ0n) is 9.65. The number of nitrogens with zero attached hydrogens (tertiary/aromatic N) is 1. The van der Waals surface area contributed by atoms with Gasteiger partial charge >= 0.3 is 0 Å². The summed E-state index contributed by atoms with van der Waals surface area (Å²) in [7, 11) is 0. The van der Waals surface area contributed by atoms with Crippen LogP contribution in [0.5, 0.6) is 0 Å². The maximum absolute atomic E-state index is 12.0. The molecule has 1 heterocycles. The standard InChI is InChI=1S/C12H10Cl2N4O/c13-8-2-3-9(14)10(5-8)17-12(19)7-1-4-11(18-15)16-6-7/h1-6H,15H2,(H,16,18)(H,17,19). The normalized spacial score (nSPS) is 10.1. The first-order valence-electron chi connectivity index (χ1n) is 5.29. The molecule has 0 aliphatic rings. The Bertz CT molecular complexity index is 601. The summed E-state index contributed by atoms with van der Waals surface area (Å²) in [5.41, 5.74) is 3.21. The molecule has 4 N–H and O–H groups in total. The van der Waals surface area contributed by atoms with Crippen LogP contribution in [0.3, 0.4) is 0 Å². The first-order valence-corrected chi connectivity index (χ1v) is 6.05. The van der Waals surface area contributed by atoms with Crippen LogP contribution in [0.2, 0.25) is 10.0 Å². The number of nitrogens with one attached hydrogen (secondary N) is 2. The molecule has 1 aromatic heterocycles. The molecule has 0 bridgehead atoms. The number of aromatic nitrogens is 1.